The minimum Gasteiger partial charge on any atom is -0.456 e. The van der Waals surface area contributed by atoms with Crippen molar-refractivity contribution in [3.63, 3.8) is 0 Å². The minimum atomic E-state index is -0.693. The van der Waals surface area contributed by atoms with Crippen LogP contribution in [-0.2, 0) is 19.1 Å². The van der Waals surface area contributed by atoms with Crippen LogP contribution in [0, 0.1) is 27.9 Å². The number of amides is 1. The molecule has 0 saturated heterocycles. The number of Topliss-reactive ketones (excluding diaryl/α,β-unsaturated/α-hetero) is 1. The molecular formula is C14H22N2O6. The molecule has 3 atom stereocenters. The van der Waals surface area contributed by atoms with Crippen molar-refractivity contribution in [3.8, 4) is 0 Å². The molecule has 1 amide bonds. The number of hydrogen-bond donors (Lipinski definition) is 1. The van der Waals surface area contributed by atoms with Gasteiger partial charge in [-0.25, -0.2) is 0 Å². The SMILES string of the molecule is CC(C)NC(=O)COC(=O)C[C@H]1C(=O)C[C@@H](C)[C@H]1C[N+](=O)[O-]. The molecule has 1 saturated carbocycles. The van der Waals surface area contributed by atoms with E-state index < -0.39 is 35.2 Å². The Kier molecular flexibility index (Phi) is 6.45. The number of nitrogens with one attached hydrogen (secondary N) is 1. The fourth-order valence-corrected chi connectivity index (χ4v) is 2.75. The number of carbonyl (C=O) groups excluding carboxylic acids is 3. The highest BCUT2D eigenvalue weighted by Crippen LogP contribution is 2.36. The first-order valence-corrected chi connectivity index (χ1v) is 7.30. The summed E-state index contributed by atoms with van der Waals surface area (Å²) in [5.41, 5.74) is 0. The smallest absolute Gasteiger partial charge is 0.307 e. The number of esters is 1. The van der Waals surface area contributed by atoms with Gasteiger partial charge in [0.1, 0.15) is 5.78 Å². The Morgan fingerprint density at radius 1 is 1.45 bits per heavy atom. The van der Waals surface area contributed by atoms with E-state index in [1.54, 1.807) is 20.8 Å². The van der Waals surface area contributed by atoms with E-state index in [0.717, 1.165) is 0 Å². The van der Waals surface area contributed by atoms with Crippen LogP contribution < -0.4 is 5.32 Å². The lowest BCUT2D eigenvalue weighted by Gasteiger charge is -2.17. The molecule has 124 valence electrons. The number of ether oxygens (including phenoxy) is 1. The Morgan fingerprint density at radius 3 is 2.64 bits per heavy atom. The van der Waals surface area contributed by atoms with Gasteiger partial charge in [-0.05, 0) is 19.8 Å². The summed E-state index contributed by atoms with van der Waals surface area (Å²) in [4.78, 5) is 45.2. The van der Waals surface area contributed by atoms with Crippen molar-refractivity contribution in [3.05, 3.63) is 10.1 Å². The van der Waals surface area contributed by atoms with Crippen molar-refractivity contribution in [2.45, 2.75) is 39.7 Å². The van der Waals surface area contributed by atoms with Crippen LogP contribution in [0.3, 0.4) is 0 Å². The molecule has 0 aromatic rings. The number of hydrogen-bond acceptors (Lipinski definition) is 6. The highest BCUT2D eigenvalue weighted by molar-refractivity contribution is 5.88. The fourth-order valence-electron chi connectivity index (χ4n) is 2.75. The third-order valence-corrected chi connectivity index (χ3v) is 3.74. The van der Waals surface area contributed by atoms with Crippen molar-refractivity contribution in [2.75, 3.05) is 13.2 Å². The third kappa shape index (κ3) is 5.42. The van der Waals surface area contributed by atoms with Crippen LogP contribution in [0.4, 0.5) is 0 Å². The first-order valence-electron chi connectivity index (χ1n) is 7.30. The molecular weight excluding hydrogens is 292 g/mol. The minimum absolute atomic E-state index is 0.0621. The first kappa shape index (κ1) is 18.1. The van der Waals surface area contributed by atoms with Gasteiger partial charge < -0.3 is 10.1 Å². The van der Waals surface area contributed by atoms with Crippen LogP contribution in [0.2, 0.25) is 0 Å². The van der Waals surface area contributed by atoms with Gasteiger partial charge in [-0.15, -0.1) is 0 Å². The van der Waals surface area contributed by atoms with E-state index in [1.165, 1.54) is 0 Å². The van der Waals surface area contributed by atoms with E-state index in [-0.39, 0.29) is 37.1 Å². The predicted molar refractivity (Wildman–Crippen MR) is 76.5 cm³/mol. The molecule has 8 nitrogen and oxygen atoms in total. The molecule has 1 aliphatic carbocycles. The molecule has 1 N–H and O–H groups in total. The maximum Gasteiger partial charge on any atom is 0.307 e. The summed E-state index contributed by atoms with van der Waals surface area (Å²) in [6, 6.07) is -0.0621. The lowest BCUT2D eigenvalue weighted by atomic mass is 9.88. The van der Waals surface area contributed by atoms with Gasteiger partial charge in [0.2, 0.25) is 6.54 Å². The summed E-state index contributed by atoms with van der Waals surface area (Å²) in [5.74, 6) is -2.53. The first-order chi connectivity index (χ1) is 10.2. The van der Waals surface area contributed by atoms with Gasteiger partial charge in [0.15, 0.2) is 6.61 Å². The highest BCUT2D eigenvalue weighted by Gasteiger charge is 2.44. The molecule has 8 heteroatoms. The monoisotopic (exact) mass is 314 g/mol. The second-order valence-electron chi connectivity index (χ2n) is 6.02. The Hall–Kier alpha value is -1.99. The molecule has 22 heavy (non-hydrogen) atoms. The van der Waals surface area contributed by atoms with Crippen LogP contribution in [0.15, 0.2) is 0 Å². The normalized spacial score (nSPS) is 24.4. The quantitative estimate of drug-likeness (QED) is 0.417. The molecule has 0 bridgehead atoms. The standard InChI is InChI=1S/C14H22N2O6/c1-8(2)15-13(18)7-22-14(19)5-10-11(6-16(20)21)9(3)4-12(10)17/h8-11H,4-7H2,1-3H3,(H,15,18)/t9-,10-,11-/m1/s1. The zero-order valence-electron chi connectivity index (χ0n) is 13.0. The number of ketones is 1. The zero-order valence-corrected chi connectivity index (χ0v) is 13.0. The summed E-state index contributed by atoms with van der Waals surface area (Å²) in [6.07, 6.45) is 0.0287. The van der Waals surface area contributed by atoms with Crippen LogP contribution in [-0.4, -0.2) is 41.8 Å². The van der Waals surface area contributed by atoms with Crippen molar-refractivity contribution in [1.82, 2.24) is 5.32 Å². The molecule has 0 spiro atoms. The van der Waals surface area contributed by atoms with E-state index in [4.69, 9.17) is 4.74 Å². The van der Waals surface area contributed by atoms with Gasteiger partial charge >= 0.3 is 5.97 Å². The molecule has 0 aliphatic heterocycles. The van der Waals surface area contributed by atoms with Gasteiger partial charge in [0.25, 0.3) is 5.91 Å². The van der Waals surface area contributed by atoms with Gasteiger partial charge in [-0.2, -0.15) is 0 Å². The fraction of sp³-hybridized carbons (Fsp3) is 0.786. The van der Waals surface area contributed by atoms with Crippen LogP contribution in [0.25, 0.3) is 0 Å². The predicted octanol–water partition coefficient (Wildman–Crippen LogP) is 0.562. The summed E-state index contributed by atoms with van der Waals surface area (Å²) in [6.45, 7) is 4.58. The lowest BCUT2D eigenvalue weighted by Crippen LogP contribution is -2.34. The van der Waals surface area contributed by atoms with E-state index in [9.17, 15) is 24.5 Å². The summed E-state index contributed by atoms with van der Waals surface area (Å²) < 4.78 is 4.83. The molecule has 0 unspecified atom stereocenters. The summed E-state index contributed by atoms with van der Waals surface area (Å²) >= 11 is 0. The average Bonchev–Trinajstić information content (AvgIpc) is 2.62. The average molecular weight is 314 g/mol. The Morgan fingerprint density at radius 2 is 2.09 bits per heavy atom. The molecule has 0 radical (unpaired) electrons. The van der Waals surface area contributed by atoms with Gasteiger partial charge in [0.05, 0.1) is 6.42 Å². The molecule has 1 fully saturated rings. The van der Waals surface area contributed by atoms with Gasteiger partial charge in [-0.1, -0.05) is 6.92 Å². The topological polar surface area (TPSA) is 116 Å². The second kappa shape index (κ2) is 7.86. The largest absolute Gasteiger partial charge is 0.456 e. The number of rotatable bonds is 7. The molecule has 0 heterocycles. The molecule has 0 aromatic carbocycles. The van der Waals surface area contributed by atoms with Gasteiger partial charge in [-0.3, -0.25) is 24.5 Å². The number of carbonyl (C=O) groups is 3. The lowest BCUT2D eigenvalue weighted by molar-refractivity contribution is -0.490. The molecule has 1 aliphatic rings. The highest BCUT2D eigenvalue weighted by atomic mass is 16.6. The Balaban J connectivity index is 2.52. The second-order valence-corrected chi connectivity index (χ2v) is 6.02. The van der Waals surface area contributed by atoms with Crippen LogP contribution in [0.1, 0.15) is 33.6 Å². The number of nitro groups is 1. The van der Waals surface area contributed by atoms with Crippen molar-refractivity contribution in [2.24, 2.45) is 17.8 Å². The summed E-state index contributed by atoms with van der Waals surface area (Å²) in [5, 5.41) is 13.3. The Bertz CT molecular complexity index is 462. The molecule has 0 aromatic heterocycles. The van der Waals surface area contributed by atoms with Crippen LogP contribution in [0.5, 0.6) is 0 Å². The van der Waals surface area contributed by atoms with Crippen molar-refractivity contribution in [1.29, 1.82) is 0 Å². The maximum atomic E-state index is 11.9. The van der Waals surface area contributed by atoms with Gasteiger partial charge in [0, 0.05) is 29.2 Å². The Labute approximate surface area is 128 Å². The summed E-state index contributed by atoms with van der Waals surface area (Å²) in [7, 11) is 0. The molecule has 1 rings (SSSR count). The third-order valence-electron chi connectivity index (χ3n) is 3.74. The van der Waals surface area contributed by atoms with E-state index >= 15 is 0 Å². The maximum absolute atomic E-state index is 11.9. The van der Waals surface area contributed by atoms with E-state index in [0.29, 0.717) is 0 Å². The van der Waals surface area contributed by atoms with Crippen LogP contribution >= 0.6 is 0 Å². The zero-order chi connectivity index (χ0) is 16.9. The van der Waals surface area contributed by atoms with Crippen molar-refractivity contribution >= 4 is 17.7 Å². The van der Waals surface area contributed by atoms with Crippen molar-refractivity contribution < 1.29 is 24.0 Å². The number of nitrogens with zero attached hydrogens (tertiary/aromatic N) is 1. The van der Waals surface area contributed by atoms with E-state index in [2.05, 4.69) is 5.32 Å². The van der Waals surface area contributed by atoms with E-state index in [1.807, 2.05) is 0 Å².